The molecule has 0 radical (unpaired) electrons. The van der Waals surface area contributed by atoms with E-state index in [0.717, 1.165) is 11.3 Å². The number of carboxylic acids is 1. The van der Waals surface area contributed by atoms with Gasteiger partial charge in [-0.05, 0) is 82.2 Å². The average Bonchev–Trinajstić information content (AvgIpc) is 3.22. The van der Waals surface area contributed by atoms with Crippen molar-refractivity contribution in [3.63, 3.8) is 0 Å². The summed E-state index contributed by atoms with van der Waals surface area (Å²) in [4.78, 5) is 39.2. The van der Waals surface area contributed by atoms with Crippen LogP contribution in [-0.4, -0.2) is 28.8 Å². The molecule has 1 amide bonds. The minimum absolute atomic E-state index is 0.0121. The number of nitrogens with two attached hydrogens (primary N) is 1. The maximum absolute atomic E-state index is 14.0. The summed E-state index contributed by atoms with van der Waals surface area (Å²) in [6.07, 6.45) is 2.77. The number of halogens is 1. The molecule has 1 aromatic heterocycles. The fourth-order valence-electron chi connectivity index (χ4n) is 4.61. The van der Waals surface area contributed by atoms with Gasteiger partial charge in [-0.2, -0.15) is 0 Å². The number of nitrogens with one attached hydrogen (secondary N) is 1. The van der Waals surface area contributed by atoms with Gasteiger partial charge < -0.3 is 16.2 Å². The standard InChI is InChI=1S/C29H35ClN2O4S/c1-16(2)27(34)32-19-9-6-17(7-10-19)24(25(33)21-11-8-18(30)14-23(21)31)22-15-20(12-13-29(3,4)5)37-26(22)28(35)36/h8,11,14-17,19,24H,6-7,9-10,31H2,1-5H3,(H,32,34)(H,35,36). The second kappa shape index (κ2) is 11.7. The number of hydrogen-bond donors (Lipinski definition) is 3. The molecule has 1 heterocycles. The zero-order valence-corrected chi connectivity index (χ0v) is 23.6. The minimum Gasteiger partial charge on any atom is -0.477 e. The number of hydrogen-bond acceptors (Lipinski definition) is 5. The molecule has 0 spiro atoms. The van der Waals surface area contributed by atoms with Gasteiger partial charge in [0.25, 0.3) is 0 Å². The highest BCUT2D eigenvalue weighted by Gasteiger charge is 2.38. The van der Waals surface area contributed by atoms with Crippen LogP contribution in [0.25, 0.3) is 0 Å². The van der Waals surface area contributed by atoms with Gasteiger partial charge in [0.2, 0.25) is 5.91 Å². The molecule has 2 aromatic rings. The number of anilines is 1. The van der Waals surface area contributed by atoms with Crippen LogP contribution in [0, 0.1) is 29.1 Å². The van der Waals surface area contributed by atoms with Gasteiger partial charge in [0.1, 0.15) is 4.88 Å². The maximum atomic E-state index is 14.0. The molecule has 1 atom stereocenters. The number of carbonyl (C=O) groups is 3. The molecular formula is C29H35ClN2O4S. The van der Waals surface area contributed by atoms with Gasteiger partial charge in [-0.25, -0.2) is 4.79 Å². The molecule has 1 aliphatic rings. The van der Waals surface area contributed by atoms with Crippen molar-refractivity contribution in [1.29, 1.82) is 0 Å². The van der Waals surface area contributed by atoms with Crippen molar-refractivity contribution in [2.75, 3.05) is 5.73 Å². The third-order valence-corrected chi connectivity index (χ3v) is 7.82. The lowest BCUT2D eigenvalue weighted by Gasteiger charge is -2.34. The zero-order chi connectivity index (χ0) is 27.5. The third kappa shape index (κ3) is 7.37. The van der Waals surface area contributed by atoms with Gasteiger partial charge >= 0.3 is 5.97 Å². The predicted molar refractivity (Wildman–Crippen MR) is 149 cm³/mol. The van der Waals surface area contributed by atoms with Gasteiger partial charge in [-0.15, -0.1) is 11.3 Å². The molecule has 4 N–H and O–H groups in total. The van der Waals surface area contributed by atoms with Crippen LogP contribution in [0.4, 0.5) is 5.69 Å². The first-order chi connectivity index (χ1) is 17.3. The lowest BCUT2D eigenvalue weighted by molar-refractivity contribution is -0.125. The summed E-state index contributed by atoms with van der Waals surface area (Å²) >= 11 is 7.17. The maximum Gasteiger partial charge on any atom is 0.346 e. The number of aromatic carboxylic acids is 1. The number of amides is 1. The molecule has 1 saturated carbocycles. The molecule has 8 heteroatoms. The highest BCUT2D eigenvalue weighted by molar-refractivity contribution is 7.14. The van der Waals surface area contributed by atoms with E-state index in [1.807, 2.05) is 34.6 Å². The Hall–Kier alpha value is -2.82. The van der Waals surface area contributed by atoms with Crippen molar-refractivity contribution >= 4 is 46.3 Å². The lowest BCUT2D eigenvalue weighted by Crippen LogP contribution is -2.41. The van der Waals surface area contributed by atoms with Crippen LogP contribution in [-0.2, 0) is 4.79 Å². The third-order valence-electron chi connectivity index (χ3n) is 6.53. The summed E-state index contributed by atoms with van der Waals surface area (Å²) in [5.41, 5.74) is 7.00. The fourth-order valence-corrected chi connectivity index (χ4v) is 5.69. The summed E-state index contributed by atoms with van der Waals surface area (Å²) < 4.78 is 0. The Kier molecular flexibility index (Phi) is 9.09. The average molecular weight is 543 g/mol. The van der Waals surface area contributed by atoms with Crippen molar-refractivity contribution < 1.29 is 19.5 Å². The Bertz CT molecular complexity index is 1240. The van der Waals surface area contributed by atoms with Crippen LogP contribution in [0.2, 0.25) is 5.02 Å². The van der Waals surface area contributed by atoms with Crippen LogP contribution in [0.5, 0.6) is 0 Å². The van der Waals surface area contributed by atoms with Gasteiger partial charge in [0, 0.05) is 33.6 Å². The quantitative estimate of drug-likeness (QED) is 0.214. The van der Waals surface area contributed by atoms with Gasteiger partial charge in [-0.3, -0.25) is 9.59 Å². The van der Waals surface area contributed by atoms with Gasteiger partial charge in [0.05, 0.1) is 10.8 Å². The summed E-state index contributed by atoms with van der Waals surface area (Å²) in [6.45, 7) is 9.67. The molecule has 1 aliphatic carbocycles. The smallest absolute Gasteiger partial charge is 0.346 e. The monoisotopic (exact) mass is 542 g/mol. The SMILES string of the molecule is CC(C)C(=O)NC1CCC(C(C(=O)c2ccc(Cl)cc2N)c2cc(C#CC(C)(C)C)sc2C(=O)O)CC1. The van der Waals surface area contributed by atoms with E-state index in [-0.39, 0.29) is 45.5 Å². The number of rotatable bonds is 7. The normalized spacial score (nSPS) is 18.6. The summed E-state index contributed by atoms with van der Waals surface area (Å²) in [7, 11) is 0. The van der Waals surface area contributed by atoms with E-state index in [9.17, 15) is 19.5 Å². The highest BCUT2D eigenvalue weighted by Crippen LogP contribution is 2.42. The molecular weight excluding hydrogens is 508 g/mol. The number of thiophene rings is 1. The zero-order valence-electron chi connectivity index (χ0n) is 22.0. The second-order valence-corrected chi connectivity index (χ2v) is 12.5. The van der Waals surface area contributed by atoms with E-state index in [1.54, 1.807) is 18.2 Å². The van der Waals surface area contributed by atoms with E-state index in [4.69, 9.17) is 17.3 Å². The molecule has 1 aromatic carbocycles. The van der Waals surface area contributed by atoms with Crippen LogP contribution in [0.1, 0.15) is 96.7 Å². The van der Waals surface area contributed by atoms with E-state index in [0.29, 0.717) is 46.7 Å². The van der Waals surface area contributed by atoms with Gasteiger partial charge in [-0.1, -0.05) is 37.3 Å². The largest absolute Gasteiger partial charge is 0.477 e. The highest BCUT2D eigenvalue weighted by atomic mass is 35.5. The summed E-state index contributed by atoms with van der Waals surface area (Å²) in [6, 6.07) is 6.56. The Morgan fingerprint density at radius 2 is 1.78 bits per heavy atom. The molecule has 0 aliphatic heterocycles. The van der Waals surface area contributed by atoms with E-state index in [1.165, 1.54) is 6.07 Å². The summed E-state index contributed by atoms with van der Waals surface area (Å²) in [5.74, 6) is 4.06. The first-order valence-corrected chi connectivity index (χ1v) is 13.8. The van der Waals surface area contributed by atoms with Crippen molar-refractivity contribution in [2.45, 2.75) is 72.3 Å². The number of benzene rings is 1. The van der Waals surface area contributed by atoms with Crippen LogP contribution in [0.15, 0.2) is 24.3 Å². The Morgan fingerprint density at radius 1 is 1.14 bits per heavy atom. The van der Waals surface area contributed by atoms with Crippen LogP contribution in [0.3, 0.4) is 0 Å². The molecule has 6 nitrogen and oxygen atoms in total. The Morgan fingerprint density at radius 3 is 2.32 bits per heavy atom. The van der Waals surface area contributed by atoms with E-state index >= 15 is 0 Å². The Balaban J connectivity index is 2.02. The van der Waals surface area contributed by atoms with E-state index < -0.39 is 11.9 Å². The van der Waals surface area contributed by atoms with Crippen molar-refractivity contribution in [3.05, 3.63) is 50.2 Å². The van der Waals surface area contributed by atoms with Crippen LogP contribution < -0.4 is 11.1 Å². The lowest BCUT2D eigenvalue weighted by atomic mass is 9.72. The second-order valence-electron chi connectivity index (χ2n) is 11.0. The fraction of sp³-hybridized carbons (Fsp3) is 0.483. The first-order valence-electron chi connectivity index (χ1n) is 12.6. The van der Waals surface area contributed by atoms with Crippen molar-refractivity contribution in [1.82, 2.24) is 5.32 Å². The number of carboxylic acid groups (broad SMARTS) is 1. The van der Waals surface area contributed by atoms with Crippen molar-refractivity contribution in [3.8, 4) is 11.8 Å². The molecule has 1 fully saturated rings. The summed E-state index contributed by atoms with van der Waals surface area (Å²) in [5, 5.41) is 13.6. The number of ketones is 1. The Labute approximate surface area is 228 Å². The minimum atomic E-state index is -1.08. The van der Waals surface area contributed by atoms with E-state index in [2.05, 4.69) is 17.2 Å². The molecule has 37 heavy (non-hydrogen) atoms. The number of nitrogen functional groups attached to an aromatic ring is 1. The first kappa shape index (κ1) is 28.7. The predicted octanol–water partition coefficient (Wildman–Crippen LogP) is 6.38. The van der Waals surface area contributed by atoms with Gasteiger partial charge in [0.15, 0.2) is 5.78 Å². The molecule has 198 valence electrons. The topological polar surface area (TPSA) is 109 Å². The molecule has 1 unspecified atom stereocenters. The van der Waals surface area contributed by atoms with Crippen molar-refractivity contribution in [2.24, 2.45) is 17.3 Å². The molecule has 0 saturated heterocycles. The number of Topliss-reactive ketones (excluding diaryl/α,β-unsaturated/α-hetero) is 1. The molecule has 0 bridgehead atoms. The molecule has 3 rings (SSSR count). The van der Waals surface area contributed by atoms with Crippen LogP contribution >= 0.6 is 22.9 Å². The number of carbonyl (C=O) groups excluding carboxylic acids is 2.